The fourth-order valence-electron chi connectivity index (χ4n) is 2.05. The van der Waals surface area contributed by atoms with Crippen LogP contribution in [0.3, 0.4) is 0 Å². The minimum atomic E-state index is 0.333. The summed E-state index contributed by atoms with van der Waals surface area (Å²) in [5.74, 6) is 2.59. The summed E-state index contributed by atoms with van der Waals surface area (Å²) < 4.78 is 10.5. The molecule has 0 saturated heterocycles. The summed E-state index contributed by atoms with van der Waals surface area (Å²) in [6.45, 7) is 4.34. The van der Waals surface area contributed by atoms with Gasteiger partial charge in [-0.2, -0.15) is 4.98 Å². The van der Waals surface area contributed by atoms with E-state index >= 15 is 0 Å². The summed E-state index contributed by atoms with van der Waals surface area (Å²) in [6, 6.07) is 7.95. The van der Waals surface area contributed by atoms with Crippen LogP contribution in [0.1, 0.15) is 19.7 Å². The van der Waals surface area contributed by atoms with Gasteiger partial charge in [0.25, 0.3) is 0 Å². The molecular formula is C15H21N3O2. The van der Waals surface area contributed by atoms with E-state index in [4.69, 9.17) is 9.26 Å². The Bertz CT molecular complexity index is 534. The molecule has 2 aromatic rings. The molecule has 0 aliphatic rings. The zero-order valence-electron chi connectivity index (χ0n) is 12.4. The predicted octanol–water partition coefficient (Wildman–Crippen LogP) is 2.53. The van der Waals surface area contributed by atoms with E-state index in [1.165, 1.54) is 0 Å². The Hall–Kier alpha value is -1.88. The Morgan fingerprint density at radius 2 is 1.95 bits per heavy atom. The van der Waals surface area contributed by atoms with Gasteiger partial charge in [0, 0.05) is 18.0 Å². The number of aromatic nitrogens is 2. The van der Waals surface area contributed by atoms with Gasteiger partial charge in [0.2, 0.25) is 11.7 Å². The lowest BCUT2D eigenvalue weighted by atomic mass is 10.0. The summed E-state index contributed by atoms with van der Waals surface area (Å²) >= 11 is 0. The van der Waals surface area contributed by atoms with Crippen LogP contribution in [0.15, 0.2) is 28.8 Å². The Morgan fingerprint density at radius 1 is 1.25 bits per heavy atom. The lowest BCUT2D eigenvalue weighted by molar-refractivity contribution is 0.335. The van der Waals surface area contributed by atoms with Crippen molar-refractivity contribution < 1.29 is 9.26 Å². The van der Waals surface area contributed by atoms with E-state index in [1.807, 2.05) is 31.3 Å². The van der Waals surface area contributed by atoms with Gasteiger partial charge in [-0.25, -0.2) is 0 Å². The molecule has 0 aliphatic heterocycles. The number of nitrogens with one attached hydrogen (secondary N) is 1. The molecule has 0 saturated carbocycles. The van der Waals surface area contributed by atoms with Crippen molar-refractivity contribution in [2.24, 2.45) is 5.92 Å². The van der Waals surface area contributed by atoms with Gasteiger partial charge in [0.15, 0.2) is 0 Å². The summed E-state index contributed by atoms with van der Waals surface area (Å²) in [6.07, 6.45) is 0.733. The molecule has 0 fully saturated rings. The SMILES string of the molecule is CNC(Cc1nc(-c2ccc(OC)cc2)no1)C(C)C. The number of methoxy groups -OCH3 is 1. The Balaban J connectivity index is 2.11. The van der Waals surface area contributed by atoms with Crippen molar-refractivity contribution in [1.82, 2.24) is 15.5 Å². The van der Waals surface area contributed by atoms with Crippen LogP contribution in [0.4, 0.5) is 0 Å². The predicted molar refractivity (Wildman–Crippen MR) is 77.7 cm³/mol. The zero-order chi connectivity index (χ0) is 14.5. The number of likely N-dealkylation sites (N-methyl/N-ethyl adjacent to an activating group) is 1. The second kappa shape index (κ2) is 6.52. The molecule has 20 heavy (non-hydrogen) atoms. The molecule has 1 aromatic heterocycles. The Labute approximate surface area is 119 Å². The van der Waals surface area contributed by atoms with Crippen LogP contribution in [0, 0.1) is 5.92 Å². The van der Waals surface area contributed by atoms with Crippen molar-refractivity contribution in [2.45, 2.75) is 26.3 Å². The molecule has 0 aliphatic carbocycles. The van der Waals surface area contributed by atoms with Gasteiger partial charge in [-0.1, -0.05) is 19.0 Å². The van der Waals surface area contributed by atoms with Gasteiger partial charge in [-0.3, -0.25) is 0 Å². The fraction of sp³-hybridized carbons (Fsp3) is 0.467. The third-order valence-corrected chi connectivity index (χ3v) is 3.39. The molecule has 1 atom stereocenters. The highest BCUT2D eigenvalue weighted by molar-refractivity contribution is 5.55. The van der Waals surface area contributed by atoms with E-state index in [-0.39, 0.29) is 0 Å². The molecule has 5 nitrogen and oxygen atoms in total. The molecule has 1 unspecified atom stereocenters. The van der Waals surface area contributed by atoms with Gasteiger partial charge in [0.1, 0.15) is 5.75 Å². The first kappa shape index (κ1) is 14.5. The van der Waals surface area contributed by atoms with Crippen LogP contribution < -0.4 is 10.1 Å². The topological polar surface area (TPSA) is 60.2 Å². The fourth-order valence-corrected chi connectivity index (χ4v) is 2.05. The number of hydrogen-bond donors (Lipinski definition) is 1. The standard InChI is InChI=1S/C15H21N3O2/c1-10(2)13(16-3)9-14-17-15(18-20-14)11-5-7-12(19-4)8-6-11/h5-8,10,13,16H,9H2,1-4H3. The van der Waals surface area contributed by atoms with Crippen molar-refractivity contribution in [3.05, 3.63) is 30.2 Å². The van der Waals surface area contributed by atoms with Crippen LogP contribution in [0.2, 0.25) is 0 Å². The number of rotatable bonds is 6. The molecule has 1 aromatic carbocycles. The zero-order valence-corrected chi connectivity index (χ0v) is 12.4. The second-order valence-corrected chi connectivity index (χ2v) is 5.08. The van der Waals surface area contributed by atoms with Crippen molar-refractivity contribution in [3.8, 4) is 17.1 Å². The minimum Gasteiger partial charge on any atom is -0.497 e. The summed E-state index contributed by atoms with van der Waals surface area (Å²) in [4.78, 5) is 4.45. The molecule has 2 rings (SSSR count). The van der Waals surface area contributed by atoms with E-state index < -0.39 is 0 Å². The van der Waals surface area contributed by atoms with Crippen LogP contribution in [-0.4, -0.2) is 30.3 Å². The van der Waals surface area contributed by atoms with Crippen LogP contribution >= 0.6 is 0 Å². The van der Waals surface area contributed by atoms with E-state index in [0.29, 0.717) is 23.7 Å². The summed E-state index contributed by atoms with van der Waals surface area (Å²) in [7, 11) is 3.59. The summed E-state index contributed by atoms with van der Waals surface area (Å²) in [5, 5.41) is 7.30. The number of ether oxygens (including phenoxy) is 1. The van der Waals surface area contributed by atoms with Gasteiger partial charge >= 0.3 is 0 Å². The molecule has 5 heteroatoms. The van der Waals surface area contributed by atoms with E-state index in [2.05, 4.69) is 29.3 Å². The first-order valence-corrected chi connectivity index (χ1v) is 6.78. The van der Waals surface area contributed by atoms with Gasteiger partial charge in [-0.15, -0.1) is 0 Å². The number of hydrogen-bond acceptors (Lipinski definition) is 5. The van der Waals surface area contributed by atoms with E-state index in [9.17, 15) is 0 Å². The van der Waals surface area contributed by atoms with Gasteiger partial charge < -0.3 is 14.6 Å². The minimum absolute atomic E-state index is 0.333. The lowest BCUT2D eigenvalue weighted by Gasteiger charge is -2.17. The third-order valence-electron chi connectivity index (χ3n) is 3.39. The number of nitrogens with zero attached hydrogens (tertiary/aromatic N) is 2. The number of benzene rings is 1. The van der Waals surface area contributed by atoms with Crippen molar-refractivity contribution in [3.63, 3.8) is 0 Å². The monoisotopic (exact) mass is 275 g/mol. The molecule has 1 heterocycles. The van der Waals surface area contributed by atoms with Crippen molar-refractivity contribution in [1.29, 1.82) is 0 Å². The van der Waals surface area contributed by atoms with E-state index in [1.54, 1.807) is 7.11 Å². The maximum absolute atomic E-state index is 5.33. The normalized spacial score (nSPS) is 12.7. The quantitative estimate of drug-likeness (QED) is 0.878. The van der Waals surface area contributed by atoms with Crippen LogP contribution in [0.5, 0.6) is 5.75 Å². The molecule has 0 spiro atoms. The Kier molecular flexibility index (Phi) is 4.74. The van der Waals surface area contributed by atoms with Gasteiger partial charge in [-0.05, 0) is 37.2 Å². The largest absolute Gasteiger partial charge is 0.497 e. The molecule has 0 radical (unpaired) electrons. The third kappa shape index (κ3) is 3.36. The maximum Gasteiger partial charge on any atom is 0.228 e. The van der Waals surface area contributed by atoms with Gasteiger partial charge in [0.05, 0.1) is 7.11 Å². The van der Waals surface area contributed by atoms with E-state index in [0.717, 1.165) is 17.7 Å². The molecule has 108 valence electrons. The average molecular weight is 275 g/mol. The van der Waals surface area contributed by atoms with Crippen LogP contribution in [0.25, 0.3) is 11.4 Å². The smallest absolute Gasteiger partial charge is 0.228 e. The molecule has 0 amide bonds. The first-order chi connectivity index (χ1) is 9.63. The second-order valence-electron chi connectivity index (χ2n) is 5.08. The molecule has 0 bridgehead atoms. The van der Waals surface area contributed by atoms with Crippen molar-refractivity contribution >= 4 is 0 Å². The highest BCUT2D eigenvalue weighted by Crippen LogP contribution is 2.20. The summed E-state index contributed by atoms with van der Waals surface area (Å²) in [5.41, 5.74) is 0.923. The highest BCUT2D eigenvalue weighted by Gasteiger charge is 2.16. The highest BCUT2D eigenvalue weighted by atomic mass is 16.5. The lowest BCUT2D eigenvalue weighted by Crippen LogP contribution is -2.32. The van der Waals surface area contributed by atoms with Crippen molar-refractivity contribution in [2.75, 3.05) is 14.2 Å². The maximum atomic E-state index is 5.33. The average Bonchev–Trinajstić information content (AvgIpc) is 2.93. The molecular weight excluding hydrogens is 254 g/mol. The molecule has 1 N–H and O–H groups in total. The van der Waals surface area contributed by atoms with Crippen LogP contribution in [-0.2, 0) is 6.42 Å². The Morgan fingerprint density at radius 3 is 2.50 bits per heavy atom. The first-order valence-electron chi connectivity index (χ1n) is 6.78.